The first-order chi connectivity index (χ1) is 8.90. The minimum atomic E-state index is -4.00. The lowest BCUT2D eigenvalue weighted by molar-refractivity contribution is 0.529. The van der Waals surface area contributed by atoms with Gasteiger partial charge in [0.05, 0.1) is 5.69 Å². The van der Waals surface area contributed by atoms with Crippen LogP contribution < -0.4 is 10.5 Å². The molecule has 1 saturated heterocycles. The van der Waals surface area contributed by atoms with E-state index in [0.29, 0.717) is 6.07 Å². The summed E-state index contributed by atoms with van der Waals surface area (Å²) < 4.78 is 52.7. The zero-order valence-electron chi connectivity index (χ0n) is 10.0. The second kappa shape index (κ2) is 5.64. The van der Waals surface area contributed by atoms with E-state index in [0.717, 1.165) is 24.0 Å². The van der Waals surface area contributed by atoms with Crippen molar-refractivity contribution in [1.82, 2.24) is 4.72 Å². The Hall–Kier alpha value is -0.860. The van der Waals surface area contributed by atoms with E-state index < -0.39 is 32.2 Å². The molecule has 1 aliphatic heterocycles. The highest BCUT2D eigenvalue weighted by atomic mass is 32.2. The van der Waals surface area contributed by atoms with Crippen molar-refractivity contribution in [1.29, 1.82) is 0 Å². The van der Waals surface area contributed by atoms with Gasteiger partial charge in [-0.3, -0.25) is 0 Å². The van der Waals surface area contributed by atoms with Gasteiger partial charge in [-0.2, -0.15) is 11.8 Å². The van der Waals surface area contributed by atoms with Crippen LogP contribution in [0.2, 0.25) is 0 Å². The standard InChI is InChI=1S/C11H14F2N2O2S2/c12-8-3-9(13)11(4-10(8)14)19(16,17)15-5-7-1-2-18-6-7/h3-4,7,15H,1-2,5-6,14H2. The Morgan fingerprint density at radius 3 is 2.74 bits per heavy atom. The van der Waals surface area contributed by atoms with Crippen molar-refractivity contribution in [3.8, 4) is 0 Å². The average molecular weight is 308 g/mol. The van der Waals surface area contributed by atoms with E-state index in [1.165, 1.54) is 0 Å². The molecule has 106 valence electrons. The number of benzene rings is 1. The highest BCUT2D eigenvalue weighted by molar-refractivity contribution is 7.99. The molecule has 0 amide bonds. The lowest BCUT2D eigenvalue weighted by Gasteiger charge is -2.12. The zero-order chi connectivity index (χ0) is 14.0. The molecule has 1 unspecified atom stereocenters. The summed E-state index contributed by atoms with van der Waals surface area (Å²) in [5.41, 5.74) is 4.88. The van der Waals surface area contributed by atoms with E-state index in [9.17, 15) is 17.2 Å². The summed E-state index contributed by atoms with van der Waals surface area (Å²) in [7, 11) is -4.00. The topological polar surface area (TPSA) is 72.2 Å². The number of anilines is 1. The third-order valence-corrected chi connectivity index (χ3v) is 5.60. The maximum absolute atomic E-state index is 13.5. The van der Waals surface area contributed by atoms with Crippen molar-refractivity contribution in [2.24, 2.45) is 5.92 Å². The minimum Gasteiger partial charge on any atom is -0.396 e. The molecule has 0 radical (unpaired) electrons. The van der Waals surface area contributed by atoms with Gasteiger partial charge in [0.1, 0.15) is 16.5 Å². The van der Waals surface area contributed by atoms with Gasteiger partial charge in [-0.15, -0.1) is 0 Å². The van der Waals surface area contributed by atoms with Crippen LogP contribution in [0.5, 0.6) is 0 Å². The Morgan fingerprint density at radius 2 is 2.11 bits per heavy atom. The number of hydrogen-bond acceptors (Lipinski definition) is 4. The maximum atomic E-state index is 13.5. The van der Waals surface area contributed by atoms with Crippen molar-refractivity contribution in [3.63, 3.8) is 0 Å². The van der Waals surface area contributed by atoms with Crippen LogP contribution in [0.1, 0.15) is 6.42 Å². The normalized spacial score (nSPS) is 19.8. The first-order valence-electron chi connectivity index (χ1n) is 5.72. The Balaban J connectivity index is 2.16. The fourth-order valence-electron chi connectivity index (χ4n) is 1.80. The largest absolute Gasteiger partial charge is 0.396 e. The molecule has 1 aromatic rings. The molecule has 1 fully saturated rings. The van der Waals surface area contributed by atoms with E-state index in [1.807, 2.05) is 0 Å². The summed E-state index contributed by atoms with van der Waals surface area (Å²) in [6, 6.07) is 1.28. The third kappa shape index (κ3) is 3.37. The number of thioether (sulfide) groups is 1. The van der Waals surface area contributed by atoms with Gasteiger partial charge in [-0.1, -0.05) is 0 Å². The number of sulfonamides is 1. The molecule has 0 saturated carbocycles. The Kier molecular flexibility index (Phi) is 4.32. The monoisotopic (exact) mass is 308 g/mol. The minimum absolute atomic E-state index is 0.251. The van der Waals surface area contributed by atoms with Crippen molar-refractivity contribution in [3.05, 3.63) is 23.8 Å². The van der Waals surface area contributed by atoms with Gasteiger partial charge in [0.2, 0.25) is 10.0 Å². The zero-order valence-corrected chi connectivity index (χ0v) is 11.7. The lowest BCUT2D eigenvalue weighted by Crippen LogP contribution is -2.30. The van der Waals surface area contributed by atoms with E-state index >= 15 is 0 Å². The molecule has 1 atom stereocenters. The second-order valence-corrected chi connectivity index (χ2v) is 7.27. The summed E-state index contributed by atoms with van der Waals surface area (Å²) in [5.74, 6) is 0.0325. The van der Waals surface area contributed by atoms with E-state index in [-0.39, 0.29) is 12.5 Å². The van der Waals surface area contributed by atoms with Gasteiger partial charge < -0.3 is 5.73 Å². The lowest BCUT2D eigenvalue weighted by atomic mass is 10.1. The van der Waals surface area contributed by atoms with Gasteiger partial charge in [-0.05, 0) is 29.9 Å². The number of halogens is 2. The van der Waals surface area contributed by atoms with Crippen LogP contribution in [0.3, 0.4) is 0 Å². The first-order valence-corrected chi connectivity index (χ1v) is 8.36. The van der Waals surface area contributed by atoms with Gasteiger partial charge in [0, 0.05) is 12.6 Å². The summed E-state index contributed by atoms with van der Waals surface area (Å²) in [4.78, 5) is -0.614. The highest BCUT2D eigenvalue weighted by Gasteiger charge is 2.23. The van der Waals surface area contributed by atoms with Gasteiger partial charge in [-0.25, -0.2) is 21.9 Å². The molecule has 1 aromatic carbocycles. The van der Waals surface area contributed by atoms with Gasteiger partial charge in [0.15, 0.2) is 0 Å². The molecule has 2 rings (SSSR count). The molecule has 8 heteroatoms. The predicted molar refractivity (Wildman–Crippen MR) is 71.4 cm³/mol. The molecule has 0 aromatic heterocycles. The molecule has 0 bridgehead atoms. The average Bonchev–Trinajstić information content (AvgIpc) is 2.84. The van der Waals surface area contributed by atoms with Crippen LogP contribution >= 0.6 is 11.8 Å². The predicted octanol–water partition coefficient (Wildman–Crippen LogP) is 1.58. The molecule has 1 aliphatic rings. The fraction of sp³-hybridized carbons (Fsp3) is 0.455. The van der Waals surface area contributed by atoms with Crippen molar-refractivity contribution >= 4 is 27.5 Å². The van der Waals surface area contributed by atoms with E-state index in [2.05, 4.69) is 4.72 Å². The van der Waals surface area contributed by atoms with Gasteiger partial charge >= 0.3 is 0 Å². The fourth-order valence-corrected chi connectivity index (χ4v) is 4.29. The first kappa shape index (κ1) is 14.5. The Bertz CT molecular complexity index is 572. The van der Waals surface area contributed by atoms with Crippen LogP contribution in [0.4, 0.5) is 14.5 Å². The van der Waals surface area contributed by atoms with Crippen LogP contribution in [0, 0.1) is 17.6 Å². The number of nitrogens with one attached hydrogen (secondary N) is 1. The highest BCUT2D eigenvalue weighted by Crippen LogP contribution is 2.24. The molecule has 3 N–H and O–H groups in total. The smallest absolute Gasteiger partial charge is 0.243 e. The number of nitrogen functional groups attached to an aromatic ring is 1. The Morgan fingerprint density at radius 1 is 1.37 bits per heavy atom. The third-order valence-electron chi connectivity index (χ3n) is 2.93. The summed E-state index contributed by atoms with van der Waals surface area (Å²) in [6.45, 7) is 0.256. The van der Waals surface area contributed by atoms with Crippen molar-refractivity contribution < 1.29 is 17.2 Å². The SMILES string of the molecule is Nc1cc(S(=O)(=O)NCC2CCSC2)c(F)cc1F. The summed E-state index contributed by atoms with van der Waals surface area (Å²) >= 11 is 1.76. The number of rotatable bonds is 4. The van der Waals surface area contributed by atoms with Crippen molar-refractivity contribution in [2.75, 3.05) is 23.8 Å². The van der Waals surface area contributed by atoms with Crippen LogP contribution in [0.25, 0.3) is 0 Å². The van der Waals surface area contributed by atoms with Gasteiger partial charge in [0.25, 0.3) is 0 Å². The molecule has 19 heavy (non-hydrogen) atoms. The molecular formula is C11H14F2N2O2S2. The number of hydrogen-bond donors (Lipinski definition) is 2. The molecule has 4 nitrogen and oxygen atoms in total. The van der Waals surface area contributed by atoms with Crippen LogP contribution in [-0.4, -0.2) is 26.5 Å². The maximum Gasteiger partial charge on any atom is 0.243 e. The quantitative estimate of drug-likeness (QED) is 0.828. The van der Waals surface area contributed by atoms with Crippen LogP contribution in [-0.2, 0) is 10.0 Å². The Labute approximate surface area is 114 Å². The molecule has 0 aliphatic carbocycles. The number of nitrogens with two attached hydrogens (primary N) is 1. The molecule has 0 spiro atoms. The second-order valence-electron chi connectivity index (χ2n) is 4.39. The van der Waals surface area contributed by atoms with E-state index in [4.69, 9.17) is 5.73 Å². The summed E-state index contributed by atoms with van der Waals surface area (Å²) in [6.07, 6.45) is 0.932. The molecular weight excluding hydrogens is 294 g/mol. The summed E-state index contributed by atoms with van der Waals surface area (Å²) in [5, 5.41) is 0. The van der Waals surface area contributed by atoms with E-state index in [1.54, 1.807) is 11.8 Å². The van der Waals surface area contributed by atoms with Crippen molar-refractivity contribution in [2.45, 2.75) is 11.3 Å². The molecule has 1 heterocycles. The van der Waals surface area contributed by atoms with Crippen LogP contribution in [0.15, 0.2) is 17.0 Å².